The number of nitrogens with two attached hydrogens (primary N) is 1. The Kier molecular flexibility index (Phi) is 3.62. The summed E-state index contributed by atoms with van der Waals surface area (Å²) in [6.45, 7) is 2.74. The summed E-state index contributed by atoms with van der Waals surface area (Å²) in [4.78, 5) is 21.5. The Morgan fingerprint density at radius 3 is 2.85 bits per heavy atom. The van der Waals surface area contributed by atoms with E-state index in [9.17, 15) is 4.79 Å². The predicted octanol–water partition coefficient (Wildman–Crippen LogP) is 0.787. The standard InChI is InChI=1S/C15H18N4O/c16-8-14-17-13-10-19(7-6-12(13)15(20)18-14)9-11-4-2-1-3-5-11/h1-5H,6-10,16H2,(H,17,18,20). The number of hydrogen-bond donors (Lipinski definition) is 2. The van der Waals surface area contributed by atoms with Crippen molar-refractivity contribution in [3.8, 4) is 0 Å². The molecule has 0 atom stereocenters. The Morgan fingerprint density at radius 1 is 1.30 bits per heavy atom. The number of rotatable bonds is 3. The van der Waals surface area contributed by atoms with Crippen molar-refractivity contribution in [2.24, 2.45) is 5.73 Å². The minimum absolute atomic E-state index is 0.0326. The van der Waals surface area contributed by atoms with Crippen LogP contribution in [0.25, 0.3) is 0 Å². The lowest BCUT2D eigenvalue weighted by Gasteiger charge is -2.27. The number of fused-ring (bicyclic) bond motifs is 1. The van der Waals surface area contributed by atoms with Gasteiger partial charge in [-0.3, -0.25) is 9.69 Å². The van der Waals surface area contributed by atoms with Gasteiger partial charge in [0.25, 0.3) is 5.56 Å². The monoisotopic (exact) mass is 270 g/mol. The average Bonchev–Trinajstić information content (AvgIpc) is 2.48. The van der Waals surface area contributed by atoms with Gasteiger partial charge in [0, 0.05) is 25.2 Å². The van der Waals surface area contributed by atoms with E-state index in [1.165, 1.54) is 5.56 Å². The van der Waals surface area contributed by atoms with E-state index in [1.54, 1.807) is 0 Å². The number of aromatic amines is 1. The van der Waals surface area contributed by atoms with E-state index in [0.29, 0.717) is 12.4 Å². The van der Waals surface area contributed by atoms with Crippen LogP contribution in [0.3, 0.4) is 0 Å². The molecule has 0 amide bonds. The first kappa shape index (κ1) is 13.0. The first-order chi connectivity index (χ1) is 9.76. The zero-order chi connectivity index (χ0) is 13.9. The van der Waals surface area contributed by atoms with Crippen LogP contribution in [0.15, 0.2) is 35.1 Å². The fraction of sp³-hybridized carbons (Fsp3) is 0.333. The molecule has 1 aliphatic rings. The summed E-state index contributed by atoms with van der Waals surface area (Å²) in [5, 5.41) is 0. The topological polar surface area (TPSA) is 75.0 Å². The summed E-state index contributed by atoms with van der Waals surface area (Å²) < 4.78 is 0. The second-order valence-corrected chi connectivity index (χ2v) is 5.09. The zero-order valence-corrected chi connectivity index (χ0v) is 11.3. The van der Waals surface area contributed by atoms with Crippen molar-refractivity contribution in [1.82, 2.24) is 14.9 Å². The van der Waals surface area contributed by atoms with Gasteiger partial charge >= 0.3 is 0 Å². The van der Waals surface area contributed by atoms with Crippen molar-refractivity contribution in [2.75, 3.05) is 6.54 Å². The van der Waals surface area contributed by atoms with E-state index in [4.69, 9.17) is 5.73 Å². The Hall–Kier alpha value is -1.98. The van der Waals surface area contributed by atoms with Gasteiger partial charge in [-0.1, -0.05) is 30.3 Å². The molecule has 1 aromatic carbocycles. The average molecular weight is 270 g/mol. The predicted molar refractivity (Wildman–Crippen MR) is 77.0 cm³/mol. The second-order valence-electron chi connectivity index (χ2n) is 5.09. The third kappa shape index (κ3) is 2.64. The minimum Gasteiger partial charge on any atom is -0.324 e. The van der Waals surface area contributed by atoms with Crippen LogP contribution in [-0.2, 0) is 26.1 Å². The van der Waals surface area contributed by atoms with E-state index in [2.05, 4.69) is 27.0 Å². The number of aromatic nitrogens is 2. The Labute approximate surface area is 117 Å². The molecule has 0 bridgehead atoms. The normalized spacial score (nSPS) is 15.1. The molecular formula is C15H18N4O. The highest BCUT2D eigenvalue weighted by atomic mass is 16.1. The van der Waals surface area contributed by atoms with Gasteiger partial charge in [-0.05, 0) is 12.0 Å². The molecule has 2 aromatic rings. The molecule has 0 saturated carbocycles. The molecule has 0 aliphatic carbocycles. The van der Waals surface area contributed by atoms with Gasteiger partial charge in [0.15, 0.2) is 0 Å². The molecule has 5 heteroatoms. The molecule has 1 aliphatic heterocycles. The minimum atomic E-state index is -0.0326. The van der Waals surface area contributed by atoms with Crippen molar-refractivity contribution < 1.29 is 0 Å². The summed E-state index contributed by atoms with van der Waals surface area (Å²) in [5.41, 5.74) is 8.49. The van der Waals surface area contributed by atoms with Crippen LogP contribution in [0, 0.1) is 0 Å². The molecule has 2 heterocycles. The molecule has 0 spiro atoms. The highest BCUT2D eigenvalue weighted by molar-refractivity contribution is 5.22. The molecule has 0 fully saturated rings. The van der Waals surface area contributed by atoms with Crippen molar-refractivity contribution in [1.29, 1.82) is 0 Å². The first-order valence-corrected chi connectivity index (χ1v) is 6.83. The van der Waals surface area contributed by atoms with Crippen LogP contribution in [0.4, 0.5) is 0 Å². The van der Waals surface area contributed by atoms with Gasteiger partial charge in [-0.15, -0.1) is 0 Å². The molecular weight excluding hydrogens is 252 g/mol. The lowest BCUT2D eigenvalue weighted by Crippen LogP contribution is -2.35. The van der Waals surface area contributed by atoms with Crippen LogP contribution < -0.4 is 11.3 Å². The van der Waals surface area contributed by atoms with E-state index >= 15 is 0 Å². The maximum absolute atomic E-state index is 11.9. The van der Waals surface area contributed by atoms with Gasteiger partial charge in [0.2, 0.25) is 0 Å². The summed E-state index contributed by atoms with van der Waals surface area (Å²) in [7, 11) is 0. The number of H-pyrrole nitrogens is 1. The largest absolute Gasteiger partial charge is 0.324 e. The number of hydrogen-bond acceptors (Lipinski definition) is 4. The fourth-order valence-electron chi connectivity index (χ4n) is 2.62. The third-order valence-electron chi connectivity index (χ3n) is 3.64. The van der Waals surface area contributed by atoms with Crippen molar-refractivity contribution in [2.45, 2.75) is 26.1 Å². The second kappa shape index (κ2) is 5.56. The quantitative estimate of drug-likeness (QED) is 0.864. The summed E-state index contributed by atoms with van der Waals surface area (Å²) >= 11 is 0. The molecule has 5 nitrogen and oxygen atoms in total. The van der Waals surface area contributed by atoms with Gasteiger partial charge in [-0.2, -0.15) is 0 Å². The first-order valence-electron chi connectivity index (χ1n) is 6.83. The maximum atomic E-state index is 11.9. The molecule has 0 saturated heterocycles. The van der Waals surface area contributed by atoms with Gasteiger partial charge in [0.05, 0.1) is 12.2 Å². The van der Waals surface area contributed by atoms with E-state index in [0.717, 1.165) is 30.8 Å². The molecule has 0 unspecified atom stereocenters. The van der Waals surface area contributed by atoms with Gasteiger partial charge in [-0.25, -0.2) is 4.98 Å². The number of nitrogens with zero attached hydrogens (tertiary/aromatic N) is 2. The Morgan fingerprint density at radius 2 is 2.10 bits per heavy atom. The molecule has 1 aromatic heterocycles. The van der Waals surface area contributed by atoms with Crippen LogP contribution in [-0.4, -0.2) is 21.4 Å². The lowest BCUT2D eigenvalue weighted by molar-refractivity contribution is 0.240. The maximum Gasteiger partial charge on any atom is 0.254 e. The summed E-state index contributed by atoms with van der Waals surface area (Å²) in [6.07, 6.45) is 0.745. The molecule has 104 valence electrons. The molecule has 20 heavy (non-hydrogen) atoms. The third-order valence-corrected chi connectivity index (χ3v) is 3.64. The number of benzene rings is 1. The van der Waals surface area contributed by atoms with Crippen molar-refractivity contribution in [3.05, 3.63) is 63.3 Å². The zero-order valence-electron chi connectivity index (χ0n) is 11.3. The van der Waals surface area contributed by atoms with E-state index < -0.39 is 0 Å². The fourth-order valence-corrected chi connectivity index (χ4v) is 2.62. The van der Waals surface area contributed by atoms with Crippen LogP contribution in [0.2, 0.25) is 0 Å². The smallest absolute Gasteiger partial charge is 0.254 e. The molecule has 3 rings (SSSR count). The molecule has 0 radical (unpaired) electrons. The van der Waals surface area contributed by atoms with Crippen LogP contribution in [0.1, 0.15) is 22.6 Å². The highest BCUT2D eigenvalue weighted by Gasteiger charge is 2.20. The highest BCUT2D eigenvalue weighted by Crippen LogP contribution is 2.16. The Balaban J connectivity index is 1.81. The Bertz CT molecular complexity index is 651. The van der Waals surface area contributed by atoms with E-state index in [-0.39, 0.29) is 12.1 Å². The van der Waals surface area contributed by atoms with E-state index in [1.807, 2.05) is 18.2 Å². The van der Waals surface area contributed by atoms with Gasteiger partial charge < -0.3 is 10.7 Å². The van der Waals surface area contributed by atoms with Crippen molar-refractivity contribution in [3.63, 3.8) is 0 Å². The number of nitrogens with one attached hydrogen (secondary N) is 1. The summed E-state index contributed by atoms with van der Waals surface area (Å²) in [5.74, 6) is 0.565. The van der Waals surface area contributed by atoms with Crippen LogP contribution in [0.5, 0.6) is 0 Å². The van der Waals surface area contributed by atoms with Crippen LogP contribution >= 0.6 is 0 Å². The van der Waals surface area contributed by atoms with Crippen molar-refractivity contribution >= 4 is 0 Å². The summed E-state index contributed by atoms with van der Waals surface area (Å²) in [6, 6.07) is 10.3. The SMILES string of the molecule is NCc1nc2c(c(=O)[nH]1)CCN(Cc1ccccc1)C2. The lowest BCUT2D eigenvalue weighted by atomic mass is 10.1. The molecule has 3 N–H and O–H groups in total. The van der Waals surface area contributed by atoms with Gasteiger partial charge in [0.1, 0.15) is 5.82 Å².